The molecule has 0 aromatic carbocycles. The first-order valence-electron chi connectivity index (χ1n) is 6.58. The van der Waals surface area contributed by atoms with Gasteiger partial charge in [-0.2, -0.15) is 0 Å². The van der Waals surface area contributed by atoms with Crippen molar-refractivity contribution in [3.8, 4) is 0 Å². The molecule has 1 aliphatic rings. The molecule has 1 saturated carbocycles. The number of carbonyl (C=O) groups excluding carboxylic acids is 1. The lowest BCUT2D eigenvalue weighted by Gasteiger charge is -2.42. The first-order chi connectivity index (χ1) is 7.49. The molecule has 0 saturated heterocycles. The van der Waals surface area contributed by atoms with E-state index in [1.165, 1.54) is 31.1 Å². The summed E-state index contributed by atoms with van der Waals surface area (Å²) in [5, 5.41) is 0. The molecule has 1 heteroatoms. The predicted molar refractivity (Wildman–Crippen MR) is 69.3 cm³/mol. The van der Waals surface area contributed by atoms with Gasteiger partial charge in [0.1, 0.15) is 6.29 Å². The zero-order valence-electron chi connectivity index (χ0n) is 11.3. The molecular formula is C15H26O. The lowest BCUT2D eigenvalue weighted by atomic mass is 9.62. The minimum atomic E-state index is 0.241. The van der Waals surface area contributed by atoms with Crippen molar-refractivity contribution in [3.63, 3.8) is 0 Å². The summed E-state index contributed by atoms with van der Waals surface area (Å²) in [6.45, 7) is 8.82. The molecule has 0 bridgehead atoms. The van der Waals surface area contributed by atoms with Crippen molar-refractivity contribution < 1.29 is 4.79 Å². The van der Waals surface area contributed by atoms with Gasteiger partial charge < -0.3 is 4.79 Å². The van der Waals surface area contributed by atoms with Crippen molar-refractivity contribution in [2.24, 2.45) is 17.3 Å². The zero-order chi connectivity index (χ0) is 12.2. The molecule has 0 aromatic rings. The topological polar surface area (TPSA) is 17.1 Å². The van der Waals surface area contributed by atoms with E-state index in [1.54, 1.807) is 0 Å². The highest BCUT2D eigenvalue weighted by Gasteiger charge is 2.39. The van der Waals surface area contributed by atoms with Crippen LogP contribution in [-0.2, 0) is 4.79 Å². The summed E-state index contributed by atoms with van der Waals surface area (Å²) >= 11 is 0. The molecule has 0 N–H and O–H groups in total. The maximum Gasteiger partial charge on any atom is 0.123 e. The smallest absolute Gasteiger partial charge is 0.123 e. The first-order valence-corrected chi connectivity index (χ1v) is 6.58. The van der Waals surface area contributed by atoms with Crippen LogP contribution in [0.4, 0.5) is 0 Å². The Kier molecular flexibility index (Phi) is 4.76. The maximum atomic E-state index is 11.3. The molecule has 1 nitrogen and oxygen atoms in total. The fourth-order valence-corrected chi connectivity index (χ4v) is 3.14. The SMILES string of the molecule is CC(C)=CCC[C@@]1(C)CCC[C@@H](C)[C@@H]1C=O. The van der Waals surface area contributed by atoms with Crippen molar-refractivity contribution in [1.82, 2.24) is 0 Å². The Bertz CT molecular complexity index is 263. The first kappa shape index (κ1) is 13.5. The third-order valence-electron chi connectivity index (χ3n) is 4.24. The van der Waals surface area contributed by atoms with E-state index >= 15 is 0 Å². The van der Waals surface area contributed by atoms with Crippen molar-refractivity contribution in [1.29, 1.82) is 0 Å². The van der Waals surface area contributed by atoms with Gasteiger partial charge in [-0.05, 0) is 50.9 Å². The number of rotatable bonds is 4. The van der Waals surface area contributed by atoms with Gasteiger partial charge in [-0.3, -0.25) is 0 Å². The van der Waals surface area contributed by atoms with Crippen molar-refractivity contribution in [3.05, 3.63) is 11.6 Å². The van der Waals surface area contributed by atoms with Gasteiger partial charge in [0.2, 0.25) is 0 Å². The summed E-state index contributed by atoms with van der Waals surface area (Å²) < 4.78 is 0. The van der Waals surface area contributed by atoms with Gasteiger partial charge in [-0.1, -0.05) is 31.9 Å². The van der Waals surface area contributed by atoms with Gasteiger partial charge in [0.25, 0.3) is 0 Å². The van der Waals surface area contributed by atoms with E-state index in [0.29, 0.717) is 5.92 Å². The Morgan fingerprint density at radius 2 is 2.12 bits per heavy atom. The highest BCUT2D eigenvalue weighted by Crippen LogP contribution is 2.46. The van der Waals surface area contributed by atoms with E-state index in [2.05, 4.69) is 33.8 Å². The van der Waals surface area contributed by atoms with E-state index in [9.17, 15) is 4.79 Å². The quantitative estimate of drug-likeness (QED) is 0.510. The highest BCUT2D eigenvalue weighted by atomic mass is 16.1. The molecule has 0 spiro atoms. The number of carbonyl (C=O) groups is 1. The van der Waals surface area contributed by atoms with Crippen molar-refractivity contribution >= 4 is 6.29 Å². The average Bonchev–Trinajstić information content (AvgIpc) is 2.17. The fraction of sp³-hybridized carbons (Fsp3) is 0.800. The van der Waals surface area contributed by atoms with Crippen molar-refractivity contribution in [2.75, 3.05) is 0 Å². The van der Waals surface area contributed by atoms with Crippen LogP contribution in [0.5, 0.6) is 0 Å². The van der Waals surface area contributed by atoms with E-state index in [1.807, 2.05) is 0 Å². The molecule has 1 aliphatic carbocycles. The summed E-state index contributed by atoms with van der Waals surface area (Å²) in [4.78, 5) is 11.3. The fourth-order valence-electron chi connectivity index (χ4n) is 3.14. The summed E-state index contributed by atoms with van der Waals surface area (Å²) in [6, 6.07) is 0. The normalized spacial score (nSPS) is 34.5. The summed E-state index contributed by atoms with van der Waals surface area (Å²) in [6.07, 6.45) is 9.52. The third kappa shape index (κ3) is 3.20. The second-order valence-electron chi connectivity index (χ2n) is 6.01. The highest BCUT2D eigenvalue weighted by molar-refractivity contribution is 5.55. The van der Waals surface area contributed by atoms with Crippen LogP contribution in [0.15, 0.2) is 11.6 Å². The molecule has 0 amide bonds. The van der Waals surface area contributed by atoms with Crippen LogP contribution in [0.2, 0.25) is 0 Å². The monoisotopic (exact) mass is 222 g/mol. The second-order valence-corrected chi connectivity index (χ2v) is 6.01. The van der Waals surface area contributed by atoms with Crippen LogP contribution < -0.4 is 0 Å². The molecular weight excluding hydrogens is 196 g/mol. The Balaban J connectivity index is 2.64. The Morgan fingerprint density at radius 3 is 2.69 bits per heavy atom. The largest absolute Gasteiger partial charge is 0.303 e. The van der Waals surface area contributed by atoms with Crippen LogP contribution in [0.25, 0.3) is 0 Å². The molecule has 0 aliphatic heterocycles. The Morgan fingerprint density at radius 1 is 1.44 bits per heavy atom. The number of aldehydes is 1. The zero-order valence-corrected chi connectivity index (χ0v) is 11.3. The molecule has 16 heavy (non-hydrogen) atoms. The van der Waals surface area contributed by atoms with Crippen LogP contribution >= 0.6 is 0 Å². The Hall–Kier alpha value is -0.590. The van der Waals surface area contributed by atoms with E-state index in [4.69, 9.17) is 0 Å². The van der Waals surface area contributed by atoms with Crippen LogP contribution in [0, 0.1) is 17.3 Å². The number of allylic oxidation sites excluding steroid dienone is 2. The lowest BCUT2D eigenvalue weighted by Crippen LogP contribution is -2.37. The maximum absolute atomic E-state index is 11.3. The third-order valence-corrected chi connectivity index (χ3v) is 4.24. The molecule has 0 unspecified atom stereocenters. The Labute approximate surface area is 100 Å². The molecule has 3 atom stereocenters. The van der Waals surface area contributed by atoms with Crippen LogP contribution in [0.3, 0.4) is 0 Å². The van der Waals surface area contributed by atoms with Gasteiger partial charge >= 0.3 is 0 Å². The van der Waals surface area contributed by atoms with E-state index < -0.39 is 0 Å². The number of hydrogen-bond donors (Lipinski definition) is 0. The van der Waals surface area contributed by atoms with Crippen LogP contribution in [-0.4, -0.2) is 6.29 Å². The standard InChI is InChI=1S/C15H26O/c1-12(2)7-5-9-15(4)10-6-8-13(3)14(15)11-16/h7,11,13-14H,5-6,8-10H2,1-4H3/t13-,14+,15+/m1/s1. The van der Waals surface area contributed by atoms with E-state index in [-0.39, 0.29) is 11.3 Å². The molecule has 1 rings (SSSR count). The van der Waals surface area contributed by atoms with Gasteiger partial charge in [0, 0.05) is 5.92 Å². The summed E-state index contributed by atoms with van der Waals surface area (Å²) in [7, 11) is 0. The molecule has 0 aromatic heterocycles. The molecule has 0 heterocycles. The second kappa shape index (κ2) is 5.65. The van der Waals surface area contributed by atoms with Crippen molar-refractivity contribution in [2.45, 2.75) is 59.8 Å². The van der Waals surface area contributed by atoms with Gasteiger partial charge in [-0.25, -0.2) is 0 Å². The minimum absolute atomic E-state index is 0.241. The van der Waals surface area contributed by atoms with Gasteiger partial charge in [0.15, 0.2) is 0 Å². The number of hydrogen-bond acceptors (Lipinski definition) is 1. The molecule has 92 valence electrons. The van der Waals surface area contributed by atoms with E-state index in [0.717, 1.165) is 12.8 Å². The molecule has 1 fully saturated rings. The molecule has 0 radical (unpaired) electrons. The minimum Gasteiger partial charge on any atom is -0.303 e. The average molecular weight is 222 g/mol. The lowest BCUT2D eigenvalue weighted by molar-refractivity contribution is -0.118. The predicted octanol–water partition coefficient (Wildman–Crippen LogP) is 4.37. The van der Waals surface area contributed by atoms with Crippen LogP contribution in [0.1, 0.15) is 59.8 Å². The summed E-state index contributed by atoms with van der Waals surface area (Å²) in [5.74, 6) is 0.842. The van der Waals surface area contributed by atoms with Gasteiger partial charge in [0.05, 0.1) is 0 Å². The van der Waals surface area contributed by atoms with Gasteiger partial charge in [-0.15, -0.1) is 0 Å². The summed E-state index contributed by atoms with van der Waals surface area (Å²) in [5.41, 5.74) is 1.63.